The fourth-order valence-electron chi connectivity index (χ4n) is 2.91. The first-order valence-electron chi connectivity index (χ1n) is 6.69. The van der Waals surface area contributed by atoms with E-state index >= 15 is 0 Å². The molecule has 1 saturated carbocycles. The largest absolute Gasteiger partial charge is 0.393 e. The van der Waals surface area contributed by atoms with Crippen molar-refractivity contribution in [3.63, 3.8) is 0 Å². The van der Waals surface area contributed by atoms with Crippen LogP contribution in [0.15, 0.2) is 12.4 Å². The standard InChI is InChI=1S/C13H20F3N3/c1-9(12-17-7-8-19(12)2)18-11-6-4-3-5-10(11)13(14,15)16/h7-11,18H,3-6H2,1-2H3. The maximum absolute atomic E-state index is 13.0. The van der Waals surface area contributed by atoms with Crippen LogP contribution in [0.4, 0.5) is 13.2 Å². The Morgan fingerprint density at radius 2 is 2.05 bits per heavy atom. The maximum Gasteiger partial charge on any atom is 0.393 e. The van der Waals surface area contributed by atoms with E-state index in [9.17, 15) is 13.2 Å². The van der Waals surface area contributed by atoms with Crippen LogP contribution in [0.2, 0.25) is 0 Å². The second-order valence-electron chi connectivity index (χ2n) is 5.32. The van der Waals surface area contributed by atoms with Crippen LogP contribution < -0.4 is 5.32 Å². The highest BCUT2D eigenvalue weighted by molar-refractivity contribution is 4.99. The van der Waals surface area contributed by atoms with Gasteiger partial charge in [-0.25, -0.2) is 4.98 Å². The summed E-state index contributed by atoms with van der Waals surface area (Å²) >= 11 is 0. The highest BCUT2D eigenvalue weighted by Gasteiger charge is 2.45. The van der Waals surface area contributed by atoms with E-state index in [1.165, 1.54) is 0 Å². The minimum Gasteiger partial charge on any atom is -0.337 e. The van der Waals surface area contributed by atoms with Gasteiger partial charge in [-0.2, -0.15) is 13.2 Å². The van der Waals surface area contributed by atoms with Gasteiger partial charge in [0.1, 0.15) is 5.82 Å². The van der Waals surface area contributed by atoms with Gasteiger partial charge in [0.15, 0.2) is 0 Å². The molecular formula is C13H20F3N3. The van der Waals surface area contributed by atoms with Crippen molar-refractivity contribution in [2.45, 2.75) is 50.9 Å². The molecule has 0 aromatic carbocycles. The minimum absolute atomic E-state index is 0.173. The molecule has 3 unspecified atom stereocenters. The number of alkyl halides is 3. The highest BCUT2D eigenvalue weighted by atomic mass is 19.4. The lowest BCUT2D eigenvalue weighted by molar-refractivity contribution is -0.189. The lowest BCUT2D eigenvalue weighted by Gasteiger charge is -2.35. The number of hydrogen-bond donors (Lipinski definition) is 1. The average molecular weight is 275 g/mol. The Morgan fingerprint density at radius 3 is 2.63 bits per heavy atom. The van der Waals surface area contributed by atoms with Gasteiger partial charge < -0.3 is 9.88 Å². The summed E-state index contributed by atoms with van der Waals surface area (Å²) in [6, 6.07) is -0.673. The monoisotopic (exact) mass is 275 g/mol. The van der Waals surface area contributed by atoms with Crippen LogP contribution >= 0.6 is 0 Å². The summed E-state index contributed by atoms with van der Waals surface area (Å²) in [5.74, 6) is -0.463. The molecule has 108 valence electrons. The molecule has 3 atom stereocenters. The van der Waals surface area contributed by atoms with Crippen molar-refractivity contribution < 1.29 is 13.2 Å². The van der Waals surface area contributed by atoms with E-state index in [2.05, 4.69) is 10.3 Å². The highest BCUT2D eigenvalue weighted by Crippen LogP contribution is 2.38. The number of halogens is 3. The van der Waals surface area contributed by atoms with E-state index in [4.69, 9.17) is 0 Å². The van der Waals surface area contributed by atoms with Crippen molar-refractivity contribution >= 4 is 0 Å². The van der Waals surface area contributed by atoms with Gasteiger partial charge in [0, 0.05) is 25.5 Å². The molecule has 1 N–H and O–H groups in total. The average Bonchev–Trinajstić information content (AvgIpc) is 2.75. The lowest BCUT2D eigenvalue weighted by Crippen LogP contribution is -2.46. The molecule has 0 bridgehead atoms. The summed E-state index contributed by atoms with van der Waals surface area (Å²) in [7, 11) is 1.85. The summed E-state index contributed by atoms with van der Waals surface area (Å²) in [6.45, 7) is 1.87. The predicted octanol–water partition coefficient (Wildman–Crippen LogP) is 3.19. The number of hydrogen-bond acceptors (Lipinski definition) is 2. The fraction of sp³-hybridized carbons (Fsp3) is 0.769. The van der Waals surface area contributed by atoms with Crippen LogP contribution in [0.3, 0.4) is 0 Å². The van der Waals surface area contributed by atoms with Crippen LogP contribution in [-0.4, -0.2) is 21.8 Å². The predicted molar refractivity (Wildman–Crippen MR) is 66.6 cm³/mol. The minimum atomic E-state index is -4.11. The van der Waals surface area contributed by atoms with Crippen LogP contribution in [0.5, 0.6) is 0 Å². The first kappa shape index (κ1) is 14.4. The molecule has 1 aliphatic carbocycles. The second kappa shape index (κ2) is 5.53. The van der Waals surface area contributed by atoms with Gasteiger partial charge in [0.25, 0.3) is 0 Å². The summed E-state index contributed by atoms with van der Waals surface area (Å²) in [4.78, 5) is 4.19. The van der Waals surface area contributed by atoms with Gasteiger partial charge in [-0.05, 0) is 19.8 Å². The Morgan fingerprint density at radius 1 is 1.37 bits per heavy atom. The number of aromatic nitrogens is 2. The molecule has 0 amide bonds. The summed E-state index contributed by atoms with van der Waals surface area (Å²) in [5.41, 5.74) is 0. The number of nitrogens with one attached hydrogen (secondary N) is 1. The molecule has 6 heteroatoms. The Hall–Kier alpha value is -1.04. The maximum atomic E-state index is 13.0. The lowest BCUT2D eigenvalue weighted by atomic mass is 9.83. The van der Waals surface area contributed by atoms with Gasteiger partial charge in [-0.15, -0.1) is 0 Å². The SMILES string of the molecule is CC(NC1CCCCC1C(F)(F)F)c1nccn1C. The van der Waals surface area contributed by atoms with Gasteiger partial charge in [-0.1, -0.05) is 12.8 Å². The normalized spacial score (nSPS) is 26.4. The third-order valence-corrected chi connectivity index (χ3v) is 3.90. The smallest absolute Gasteiger partial charge is 0.337 e. The van der Waals surface area contributed by atoms with E-state index in [-0.39, 0.29) is 12.5 Å². The van der Waals surface area contributed by atoms with Crippen molar-refractivity contribution in [3.05, 3.63) is 18.2 Å². The van der Waals surface area contributed by atoms with Crippen molar-refractivity contribution in [2.75, 3.05) is 0 Å². The van der Waals surface area contributed by atoms with E-state index < -0.39 is 18.1 Å². The Bertz CT molecular complexity index is 414. The van der Waals surface area contributed by atoms with Crippen molar-refractivity contribution in [3.8, 4) is 0 Å². The molecule has 1 aromatic heterocycles. The van der Waals surface area contributed by atoms with Crippen LogP contribution in [-0.2, 0) is 7.05 Å². The molecule has 19 heavy (non-hydrogen) atoms. The van der Waals surface area contributed by atoms with Gasteiger partial charge >= 0.3 is 6.18 Å². The Kier molecular flexibility index (Phi) is 4.18. The van der Waals surface area contributed by atoms with E-state index in [1.54, 1.807) is 12.4 Å². The fourth-order valence-corrected chi connectivity index (χ4v) is 2.91. The van der Waals surface area contributed by atoms with Gasteiger partial charge in [0.05, 0.1) is 12.0 Å². The molecule has 1 aromatic rings. The van der Waals surface area contributed by atoms with Gasteiger partial charge in [0.2, 0.25) is 0 Å². The third kappa shape index (κ3) is 3.29. The van der Waals surface area contributed by atoms with Crippen LogP contribution in [0, 0.1) is 5.92 Å². The summed E-state index contributed by atoms with van der Waals surface area (Å²) < 4.78 is 40.8. The summed E-state index contributed by atoms with van der Waals surface area (Å²) in [5, 5.41) is 3.12. The van der Waals surface area contributed by atoms with Crippen molar-refractivity contribution in [2.24, 2.45) is 13.0 Å². The molecule has 1 fully saturated rings. The molecule has 2 rings (SSSR count). The molecular weight excluding hydrogens is 255 g/mol. The molecule has 1 heterocycles. The number of aryl methyl sites for hydroxylation is 1. The van der Waals surface area contributed by atoms with Gasteiger partial charge in [-0.3, -0.25) is 0 Å². The van der Waals surface area contributed by atoms with E-state index in [1.807, 2.05) is 18.5 Å². The topological polar surface area (TPSA) is 29.9 Å². The first-order chi connectivity index (χ1) is 8.89. The number of imidazole rings is 1. The van der Waals surface area contributed by atoms with E-state index in [0.717, 1.165) is 12.2 Å². The second-order valence-corrected chi connectivity index (χ2v) is 5.32. The van der Waals surface area contributed by atoms with Crippen molar-refractivity contribution in [1.29, 1.82) is 0 Å². The van der Waals surface area contributed by atoms with Crippen LogP contribution in [0.25, 0.3) is 0 Å². The quantitative estimate of drug-likeness (QED) is 0.918. The zero-order valence-electron chi connectivity index (χ0n) is 11.2. The third-order valence-electron chi connectivity index (χ3n) is 3.90. The molecule has 0 saturated heterocycles. The zero-order chi connectivity index (χ0) is 14.0. The molecule has 1 aliphatic rings. The van der Waals surface area contributed by atoms with Crippen molar-refractivity contribution in [1.82, 2.24) is 14.9 Å². The Balaban J connectivity index is 2.06. The van der Waals surface area contributed by atoms with Crippen LogP contribution in [0.1, 0.15) is 44.5 Å². The molecule has 0 spiro atoms. The molecule has 0 radical (unpaired) electrons. The molecule has 0 aliphatic heterocycles. The number of rotatable bonds is 3. The Labute approximate surface area is 111 Å². The molecule has 3 nitrogen and oxygen atoms in total. The van der Waals surface area contributed by atoms with E-state index in [0.29, 0.717) is 12.8 Å². The number of nitrogens with zero attached hydrogens (tertiary/aromatic N) is 2. The zero-order valence-corrected chi connectivity index (χ0v) is 11.2. The summed E-state index contributed by atoms with van der Waals surface area (Å²) in [6.07, 6.45) is 1.69. The first-order valence-corrected chi connectivity index (χ1v) is 6.69.